The van der Waals surface area contributed by atoms with Gasteiger partial charge in [0.05, 0.1) is 6.61 Å². The number of ether oxygens (including phenoxy) is 1. The van der Waals surface area contributed by atoms with Gasteiger partial charge < -0.3 is 9.64 Å². The Morgan fingerprint density at radius 2 is 2.06 bits per heavy atom. The number of rotatable bonds is 6. The molecule has 0 aliphatic carbocycles. The van der Waals surface area contributed by atoms with Crippen LogP contribution in [-0.2, 0) is 0 Å². The quantitative estimate of drug-likeness (QED) is 0.582. The number of benzene rings is 1. The molecular weight excluding hydrogens is 262 g/mol. The van der Waals surface area contributed by atoms with Gasteiger partial charge in [0.2, 0.25) is 0 Å². The topological polar surface area (TPSA) is 12.5 Å². The molecule has 0 amide bonds. The van der Waals surface area contributed by atoms with Crippen LogP contribution in [0.1, 0.15) is 19.4 Å². The van der Waals surface area contributed by atoms with Gasteiger partial charge in [-0.05, 0) is 38.5 Å². The predicted molar refractivity (Wildman–Crippen MR) is 84.7 cm³/mol. The fourth-order valence-electron chi connectivity index (χ4n) is 1.57. The lowest BCUT2D eigenvalue weighted by molar-refractivity contribution is 0.344. The molecule has 0 heterocycles. The van der Waals surface area contributed by atoms with E-state index in [0.29, 0.717) is 6.61 Å². The van der Waals surface area contributed by atoms with Gasteiger partial charge in [-0.3, -0.25) is 0 Å². The molecule has 0 aromatic heterocycles. The minimum atomic E-state index is 0.690. The van der Waals surface area contributed by atoms with Crippen LogP contribution in [0, 0.1) is 6.92 Å². The predicted octanol–water partition coefficient (Wildman–Crippen LogP) is 3.73. The van der Waals surface area contributed by atoms with Crippen LogP contribution >= 0.6 is 24.0 Å². The third-order valence-corrected chi connectivity index (χ3v) is 4.08. The van der Waals surface area contributed by atoms with E-state index in [0.717, 1.165) is 28.9 Å². The standard InChI is InChI=1S/C14H21NOS2/c1-4-15(5-2)14(17)18-10-9-16-13-8-6-7-12(3)11-13/h6-8,11H,4-5,9-10H2,1-3H3. The highest BCUT2D eigenvalue weighted by Gasteiger charge is 2.05. The van der Waals surface area contributed by atoms with Crippen LogP contribution in [0.2, 0.25) is 0 Å². The lowest BCUT2D eigenvalue weighted by Gasteiger charge is -2.20. The fourth-order valence-corrected chi connectivity index (χ4v) is 2.86. The van der Waals surface area contributed by atoms with Gasteiger partial charge in [0, 0.05) is 18.8 Å². The zero-order chi connectivity index (χ0) is 13.4. The summed E-state index contributed by atoms with van der Waals surface area (Å²) in [6, 6.07) is 8.11. The van der Waals surface area contributed by atoms with Crippen molar-refractivity contribution in [3.05, 3.63) is 29.8 Å². The first-order chi connectivity index (χ1) is 8.67. The molecule has 0 unspecified atom stereocenters. The van der Waals surface area contributed by atoms with Gasteiger partial charge in [0.1, 0.15) is 10.1 Å². The van der Waals surface area contributed by atoms with Gasteiger partial charge in [0.15, 0.2) is 0 Å². The molecular formula is C14H21NOS2. The lowest BCUT2D eigenvalue weighted by atomic mass is 10.2. The van der Waals surface area contributed by atoms with Crippen LogP contribution in [0.5, 0.6) is 5.75 Å². The Kier molecular flexibility index (Phi) is 7.13. The summed E-state index contributed by atoms with van der Waals surface area (Å²) >= 11 is 7.05. The van der Waals surface area contributed by atoms with Gasteiger partial charge in [-0.15, -0.1) is 0 Å². The summed E-state index contributed by atoms with van der Waals surface area (Å²) < 4.78 is 6.65. The second kappa shape index (κ2) is 8.38. The van der Waals surface area contributed by atoms with Crippen molar-refractivity contribution in [3.63, 3.8) is 0 Å². The maximum atomic E-state index is 5.69. The van der Waals surface area contributed by atoms with Gasteiger partial charge >= 0.3 is 0 Å². The summed E-state index contributed by atoms with van der Waals surface area (Å²) in [6.07, 6.45) is 0. The molecule has 0 saturated carbocycles. The number of aryl methyl sites for hydroxylation is 1. The summed E-state index contributed by atoms with van der Waals surface area (Å²) in [4.78, 5) is 2.19. The maximum absolute atomic E-state index is 5.69. The van der Waals surface area contributed by atoms with E-state index in [-0.39, 0.29) is 0 Å². The van der Waals surface area contributed by atoms with Crippen LogP contribution in [0.25, 0.3) is 0 Å². The summed E-state index contributed by atoms with van der Waals surface area (Å²) in [5.41, 5.74) is 1.22. The summed E-state index contributed by atoms with van der Waals surface area (Å²) in [5, 5.41) is 0. The van der Waals surface area contributed by atoms with Gasteiger partial charge in [0.25, 0.3) is 0 Å². The molecule has 0 radical (unpaired) electrons. The van der Waals surface area contributed by atoms with Crippen LogP contribution < -0.4 is 4.74 Å². The van der Waals surface area contributed by atoms with E-state index in [1.165, 1.54) is 5.56 Å². The van der Waals surface area contributed by atoms with Crippen LogP contribution in [0.15, 0.2) is 24.3 Å². The largest absolute Gasteiger partial charge is 0.493 e. The summed E-state index contributed by atoms with van der Waals surface area (Å²) in [7, 11) is 0. The number of thiocarbonyl (C=S) groups is 1. The van der Waals surface area contributed by atoms with Crippen molar-refractivity contribution in [2.45, 2.75) is 20.8 Å². The Balaban J connectivity index is 2.24. The summed E-state index contributed by atoms with van der Waals surface area (Å²) in [5.74, 6) is 1.83. The molecule has 0 bridgehead atoms. The third-order valence-electron chi connectivity index (χ3n) is 2.59. The minimum absolute atomic E-state index is 0.690. The minimum Gasteiger partial charge on any atom is -0.493 e. The molecule has 2 nitrogen and oxygen atoms in total. The molecule has 0 atom stereocenters. The number of nitrogens with zero attached hydrogens (tertiary/aromatic N) is 1. The van der Waals surface area contributed by atoms with Crippen molar-refractivity contribution in [2.24, 2.45) is 0 Å². The van der Waals surface area contributed by atoms with Crippen LogP contribution in [0.4, 0.5) is 0 Å². The summed E-state index contributed by atoms with van der Waals surface area (Å²) in [6.45, 7) is 8.95. The molecule has 0 N–H and O–H groups in total. The molecule has 4 heteroatoms. The monoisotopic (exact) mass is 283 g/mol. The molecule has 1 aromatic carbocycles. The highest BCUT2D eigenvalue weighted by atomic mass is 32.2. The van der Waals surface area contributed by atoms with E-state index in [9.17, 15) is 0 Å². The zero-order valence-corrected chi connectivity index (χ0v) is 12.9. The Hall–Kier alpha value is -0.740. The number of hydrogen-bond donors (Lipinski definition) is 0. The highest BCUT2D eigenvalue weighted by Crippen LogP contribution is 2.14. The van der Waals surface area contributed by atoms with E-state index in [1.54, 1.807) is 11.8 Å². The van der Waals surface area contributed by atoms with Crippen molar-refractivity contribution in [2.75, 3.05) is 25.4 Å². The molecule has 0 saturated heterocycles. The van der Waals surface area contributed by atoms with Gasteiger partial charge in [-0.2, -0.15) is 0 Å². The second-order valence-corrected chi connectivity index (χ2v) is 5.68. The Morgan fingerprint density at radius 1 is 1.33 bits per heavy atom. The molecule has 0 aliphatic heterocycles. The second-order valence-electron chi connectivity index (χ2n) is 3.95. The first-order valence-electron chi connectivity index (χ1n) is 6.28. The van der Waals surface area contributed by atoms with E-state index >= 15 is 0 Å². The zero-order valence-electron chi connectivity index (χ0n) is 11.3. The lowest BCUT2D eigenvalue weighted by Crippen LogP contribution is -2.27. The van der Waals surface area contributed by atoms with Crippen molar-refractivity contribution in [1.29, 1.82) is 0 Å². The first-order valence-corrected chi connectivity index (χ1v) is 7.68. The van der Waals surface area contributed by atoms with E-state index < -0.39 is 0 Å². The first kappa shape index (κ1) is 15.3. The molecule has 0 fully saturated rings. The highest BCUT2D eigenvalue weighted by molar-refractivity contribution is 8.22. The van der Waals surface area contributed by atoms with Crippen molar-refractivity contribution in [1.82, 2.24) is 4.90 Å². The Morgan fingerprint density at radius 3 is 2.67 bits per heavy atom. The molecule has 0 aliphatic rings. The molecule has 1 rings (SSSR count). The van der Waals surface area contributed by atoms with Crippen molar-refractivity contribution < 1.29 is 4.74 Å². The van der Waals surface area contributed by atoms with E-state index in [4.69, 9.17) is 17.0 Å². The Bertz CT molecular complexity index is 378. The third kappa shape index (κ3) is 5.27. The average molecular weight is 283 g/mol. The van der Waals surface area contributed by atoms with Crippen molar-refractivity contribution in [3.8, 4) is 5.75 Å². The van der Waals surface area contributed by atoms with Gasteiger partial charge in [-0.1, -0.05) is 36.1 Å². The molecule has 0 spiro atoms. The molecule has 1 aromatic rings. The van der Waals surface area contributed by atoms with E-state index in [2.05, 4.69) is 31.7 Å². The van der Waals surface area contributed by atoms with E-state index in [1.807, 2.05) is 18.2 Å². The number of hydrogen-bond acceptors (Lipinski definition) is 3. The fraction of sp³-hybridized carbons (Fsp3) is 0.500. The number of thioether (sulfide) groups is 1. The van der Waals surface area contributed by atoms with Crippen LogP contribution in [-0.4, -0.2) is 34.7 Å². The smallest absolute Gasteiger partial charge is 0.136 e. The normalized spacial score (nSPS) is 10.2. The Labute approximate surface area is 120 Å². The SMILES string of the molecule is CCN(CC)C(=S)SCCOc1cccc(C)c1. The average Bonchev–Trinajstić information content (AvgIpc) is 2.36. The van der Waals surface area contributed by atoms with Gasteiger partial charge in [-0.25, -0.2) is 0 Å². The maximum Gasteiger partial charge on any atom is 0.136 e. The molecule has 18 heavy (non-hydrogen) atoms. The van der Waals surface area contributed by atoms with Crippen molar-refractivity contribution >= 4 is 28.3 Å². The molecule has 100 valence electrons. The van der Waals surface area contributed by atoms with Crippen LogP contribution in [0.3, 0.4) is 0 Å².